The number of fused-ring (bicyclic) bond motifs is 1. The monoisotopic (exact) mass is 409 g/mol. The lowest BCUT2D eigenvalue weighted by Gasteiger charge is -2.43. The van der Waals surface area contributed by atoms with Crippen molar-refractivity contribution >= 4 is 11.6 Å². The van der Waals surface area contributed by atoms with Gasteiger partial charge in [0.2, 0.25) is 5.91 Å². The van der Waals surface area contributed by atoms with E-state index in [2.05, 4.69) is 20.3 Å². The second-order valence-corrected chi connectivity index (χ2v) is 7.35. The Morgan fingerprint density at radius 1 is 1.28 bits per heavy atom. The molecule has 1 amide bonds. The van der Waals surface area contributed by atoms with E-state index in [1.165, 1.54) is 23.4 Å². The number of halogens is 3. The summed E-state index contributed by atoms with van der Waals surface area (Å²) < 4.78 is 46.6. The van der Waals surface area contributed by atoms with Gasteiger partial charge in [-0.25, -0.2) is 9.67 Å². The standard InChI is InChI=1S/C19H22F3N5O2/c20-19(21,22)13-5-6-15(27-12-23-11-24-27)14(9-13)25-18(28)10-26-7-8-29-17-4-2-1-3-16(17)26/h5-6,9,11-12,16-17H,1-4,7-8,10H2,(H,25,28). The first-order valence-electron chi connectivity index (χ1n) is 9.63. The Morgan fingerprint density at radius 2 is 2.10 bits per heavy atom. The number of morpholine rings is 1. The summed E-state index contributed by atoms with van der Waals surface area (Å²) in [6, 6.07) is 3.34. The number of hydrogen-bond donors (Lipinski definition) is 1. The van der Waals surface area contributed by atoms with Crippen LogP contribution >= 0.6 is 0 Å². The molecule has 0 bridgehead atoms. The van der Waals surface area contributed by atoms with Gasteiger partial charge >= 0.3 is 6.18 Å². The van der Waals surface area contributed by atoms with Gasteiger partial charge in [0.1, 0.15) is 12.7 Å². The fraction of sp³-hybridized carbons (Fsp3) is 0.526. The lowest BCUT2D eigenvalue weighted by atomic mass is 9.90. The van der Waals surface area contributed by atoms with E-state index in [-0.39, 0.29) is 30.3 Å². The van der Waals surface area contributed by atoms with Crippen LogP contribution in [0.1, 0.15) is 31.2 Å². The molecule has 2 unspecified atom stereocenters. The minimum absolute atomic E-state index is 0.0452. The van der Waals surface area contributed by atoms with Crippen LogP contribution in [0.15, 0.2) is 30.9 Å². The Hall–Kier alpha value is -2.46. The van der Waals surface area contributed by atoms with Gasteiger partial charge in [0, 0.05) is 12.6 Å². The van der Waals surface area contributed by atoms with Gasteiger partial charge in [0.05, 0.1) is 36.2 Å². The molecule has 0 radical (unpaired) electrons. The number of alkyl halides is 3. The Bertz CT molecular complexity index is 854. The van der Waals surface area contributed by atoms with E-state index in [0.717, 1.165) is 37.8 Å². The van der Waals surface area contributed by atoms with E-state index < -0.39 is 11.7 Å². The molecule has 2 aliphatic rings. The Balaban J connectivity index is 1.53. The molecule has 7 nitrogen and oxygen atoms in total. The highest BCUT2D eigenvalue weighted by molar-refractivity contribution is 5.94. The third kappa shape index (κ3) is 4.43. The number of ether oxygens (including phenoxy) is 1. The molecular formula is C19H22F3N5O2. The van der Waals surface area contributed by atoms with Crippen LogP contribution in [0.2, 0.25) is 0 Å². The number of aromatic nitrogens is 3. The van der Waals surface area contributed by atoms with Crippen molar-refractivity contribution in [2.24, 2.45) is 0 Å². The van der Waals surface area contributed by atoms with Crippen molar-refractivity contribution in [2.75, 3.05) is 25.0 Å². The number of carbonyl (C=O) groups is 1. The fourth-order valence-electron chi connectivity index (χ4n) is 4.09. The molecule has 4 rings (SSSR count). The summed E-state index contributed by atoms with van der Waals surface area (Å²) in [6.45, 7) is 1.30. The highest BCUT2D eigenvalue weighted by atomic mass is 19.4. The lowest BCUT2D eigenvalue weighted by Crippen LogP contribution is -2.54. The molecule has 10 heteroatoms. The molecule has 2 atom stereocenters. The maximum atomic E-state index is 13.2. The van der Waals surface area contributed by atoms with Crippen molar-refractivity contribution in [3.05, 3.63) is 36.4 Å². The van der Waals surface area contributed by atoms with Crippen LogP contribution in [0.5, 0.6) is 0 Å². The third-order valence-corrected chi connectivity index (χ3v) is 5.46. The largest absolute Gasteiger partial charge is 0.416 e. The number of amides is 1. The molecule has 1 aliphatic carbocycles. The van der Waals surface area contributed by atoms with Crippen molar-refractivity contribution in [3.63, 3.8) is 0 Å². The highest BCUT2D eigenvalue weighted by Gasteiger charge is 2.35. The Labute approximate surface area is 165 Å². The first-order chi connectivity index (χ1) is 13.9. The predicted octanol–water partition coefficient (Wildman–Crippen LogP) is 2.87. The van der Waals surface area contributed by atoms with E-state index in [0.29, 0.717) is 18.8 Å². The molecule has 2 heterocycles. The molecule has 0 spiro atoms. The molecule has 1 aromatic heterocycles. The highest BCUT2D eigenvalue weighted by Crippen LogP contribution is 2.33. The van der Waals surface area contributed by atoms with Gasteiger partial charge in [0.15, 0.2) is 0 Å². The molecule has 1 saturated carbocycles. The van der Waals surface area contributed by atoms with Crippen LogP contribution in [0.4, 0.5) is 18.9 Å². The summed E-state index contributed by atoms with van der Waals surface area (Å²) in [7, 11) is 0. The number of anilines is 1. The zero-order valence-electron chi connectivity index (χ0n) is 15.7. The molecule has 1 aromatic carbocycles. The number of nitrogens with one attached hydrogen (secondary N) is 1. The van der Waals surface area contributed by atoms with Gasteiger partial charge in [0.25, 0.3) is 0 Å². The first kappa shape index (κ1) is 19.8. The third-order valence-electron chi connectivity index (χ3n) is 5.46. The van der Waals surface area contributed by atoms with E-state index >= 15 is 0 Å². The zero-order valence-corrected chi connectivity index (χ0v) is 15.7. The smallest absolute Gasteiger partial charge is 0.375 e. The number of carbonyl (C=O) groups excluding carboxylic acids is 1. The SMILES string of the molecule is O=C(CN1CCOC2CCCCC21)Nc1cc(C(F)(F)F)ccc1-n1cncn1. The summed E-state index contributed by atoms with van der Waals surface area (Å²) in [4.78, 5) is 18.6. The van der Waals surface area contributed by atoms with Crippen LogP contribution in [-0.4, -0.2) is 57.4 Å². The summed E-state index contributed by atoms with van der Waals surface area (Å²) in [5, 5.41) is 6.61. The number of rotatable bonds is 4. The van der Waals surface area contributed by atoms with Crippen molar-refractivity contribution in [3.8, 4) is 5.69 Å². The van der Waals surface area contributed by atoms with Crippen LogP contribution < -0.4 is 5.32 Å². The van der Waals surface area contributed by atoms with Gasteiger partial charge in [-0.2, -0.15) is 18.3 Å². The van der Waals surface area contributed by atoms with E-state index in [1.807, 2.05) is 0 Å². The summed E-state index contributed by atoms with van der Waals surface area (Å²) in [5.74, 6) is -0.364. The van der Waals surface area contributed by atoms with Crippen molar-refractivity contribution in [1.29, 1.82) is 0 Å². The first-order valence-corrected chi connectivity index (χ1v) is 9.63. The topological polar surface area (TPSA) is 72.3 Å². The molecule has 2 aromatic rings. The van der Waals surface area contributed by atoms with Gasteiger partial charge in [-0.3, -0.25) is 9.69 Å². The predicted molar refractivity (Wildman–Crippen MR) is 98.6 cm³/mol. The second-order valence-electron chi connectivity index (χ2n) is 7.35. The summed E-state index contributed by atoms with van der Waals surface area (Å²) in [5.41, 5.74) is -0.472. The fourth-order valence-corrected chi connectivity index (χ4v) is 4.09. The summed E-state index contributed by atoms with van der Waals surface area (Å²) >= 11 is 0. The molecule has 1 N–H and O–H groups in total. The van der Waals surface area contributed by atoms with Gasteiger partial charge in [-0.05, 0) is 31.0 Å². The van der Waals surface area contributed by atoms with E-state index in [1.54, 1.807) is 0 Å². The molecule has 156 valence electrons. The maximum Gasteiger partial charge on any atom is 0.416 e. The van der Waals surface area contributed by atoms with Gasteiger partial charge < -0.3 is 10.1 Å². The quantitative estimate of drug-likeness (QED) is 0.841. The molecule has 1 aliphatic heterocycles. The van der Waals surface area contributed by atoms with Crippen LogP contribution in [0.25, 0.3) is 5.69 Å². The average molecular weight is 409 g/mol. The van der Waals surface area contributed by atoms with Crippen LogP contribution in [0.3, 0.4) is 0 Å². The van der Waals surface area contributed by atoms with Crippen molar-refractivity contribution < 1.29 is 22.7 Å². The second kappa shape index (κ2) is 8.11. The summed E-state index contributed by atoms with van der Waals surface area (Å²) in [6.07, 6.45) is 2.41. The van der Waals surface area contributed by atoms with Crippen LogP contribution in [0, 0.1) is 0 Å². The van der Waals surface area contributed by atoms with Crippen molar-refractivity contribution in [2.45, 2.75) is 44.0 Å². The van der Waals surface area contributed by atoms with Crippen molar-refractivity contribution in [1.82, 2.24) is 19.7 Å². The van der Waals surface area contributed by atoms with Gasteiger partial charge in [-0.15, -0.1) is 0 Å². The van der Waals surface area contributed by atoms with Crippen LogP contribution in [-0.2, 0) is 15.7 Å². The van der Waals surface area contributed by atoms with Gasteiger partial charge in [-0.1, -0.05) is 12.8 Å². The molecule has 29 heavy (non-hydrogen) atoms. The molecule has 2 fully saturated rings. The number of hydrogen-bond acceptors (Lipinski definition) is 5. The number of benzene rings is 1. The minimum Gasteiger partial charge on any atom is -0.375 e. The average Bonchev–Trinajstić information content (AvgIpc) is 3.22. The Kier molecular flexibility index (Phi) is 5.55. The molecular weight excluding hydrogens is 387 g/mol. The van der Waals surface area contributed by atoms with E-state index in [9.17, 15) is 18.0 Å². The minimum atomic E-state index is -4.51. The zero-order chi connectivity index (χ0) is 20.4. The maximum absolute atomic E-state index is 13.2. The molecule has 1 saturated heterocycles. The normalized spacial score (nSPS) is 22.9. The van der Waals surface area contributed by atoms with E-state index in [4.69, 9.17) is 4.74 Å². The Morgan fingerprint density at radius 3 is 2.86 bits per heavy atom. The number of nitrogens with zero attached hydrogens (tertiary/aromatic N) is 4. The lowest BCUT2D eigenvalue weighted by molar-refractivity contribution is -0.137.